The van der Waals surface area contributed by atoms with E-state index in [1.807, 2.05) is 19.1 Å². The molecule has 1 aliphatic rings. The molecule has 2 atom stereocenters. The third-order valence-electron chi connectivity index (χ3n) is 3.70. The van der Waals surface area contributed by atoms with Crippen molar-refractivity contribution in [2.75, 3.05) is 31.7 Å². The van der Waals surface area contributed by atoms with Gasteiger partial charge in [-0.05, 0) is 43.9 Å². The number of aliphatic hydroxyl groups excluding tert-OH is 1. The number of halogens is 1. The van der Waals surface area contributed by atoms with Gasteiger partial charge in [-0.3, -0.25) is 0 Å². The second-order valence-electron chi connectivity index (χ2n) is 5.29. The first kappa shape index (κ1) is 14.8. The molecular formula is C15H22BrNO2. The Kier molecular flexibility index (Phi) is 5.25. The van der Waals surface area contributed by atoms with E-state index in [1.165, 1.54) is 12.8 Å². The van der Waals surface area contributed by atoms with Gasteiger partial charge in [0.05, 0.1) is 12.7 Å². The van der Waals surface area contributed by atoms with Gasteiger partial charge in [-0.2, -0.15) is 0 Å². The van der Waals surface area contributed by atoms with E-state index in [2.05, 4.69) is 26.9 Å². The molecular weight excluding hydrogens is 306 g/mol. The van der Waals surface area contributed by atoms with Crippen LogP contribution >= 0.6 is 15.9 Å². The molecule has 0 bridgehead atoms. The lowest BCUT2D eigenvalue weighted by Crippen LogP contribution is -2.37. The number of benzene rings is 1. The number of rotatable bonds is 4. The zero-order valence-corrected chi connectivity index (χ0v) is 13.2. The SMILES string of the molecule is COCC1CCCN(c2ccc(Br)cc2C(C)O)C1. The molecule has 1 fully saturated rings. The van der Waals surface area contributed by atoms with Crippen molar-refractivity contribution in [3.8, 4) is 0 Å². The van der Waals surface area contributed by atoms with Gasteiger partial charge in [0.1, 0.15) is 0 Å². The molecule has 1 saturated heterocycles. The fraction of sp³-hybridized carbons (Fsp3) is 0.600. The van der Waals surface area contributed by atoms with Crippen LogP contribution in [0.5, 0.6) is 0 Å². The van der Waals surface area contributed by atoms with Gasteiger partial charge in [-0.1, -0.05) is 15.9 Å². The van der Waals surface area contributed by atoms with Crippen molar-refractivity contribution in [1.29, 1.82) is 0 Å². The molecule has 0 saturated carbocycles. The maximum atomic E-state index is 9.96. The molecule has 0 aliphatic carbocycles. The highest BCUT2D eigenvalue weighted by atomic mass is 79.9. The summed E-state index contributed by atoms with van der Waals surface area (Å²) in [6, 6.07) is 6.16. The first-order valence-corrected chi connectivity index (χ1v) is 7.62. The van der Waals surface area contributed by atoms with E-state index in [0.29, 0.717) is 5.92 Å². The Morgan fingerprint density at radius 2 is 2.32 bits per heavy atom. The zero-order valence-electron chi connectivity index (χ0n) is 11.6. The molecule has 1 aromatic rings. The van der Waals surface area contributed by atoms with Crippen molar-refractivity contribution < 1.29 is 9.84 Å². The lowest BCUT2D eigenvalue weighted by molar-refractivity contribution is 0.143. The first-order chi connectivity index (χ1) is 9.11. The molecule has 19 heavy (non-hydrogen) atoms. The fourth-order valence-electron chi connectivity index (χ4n) is 2.80. The van der Waals surface area contributed by atoms with Gasteiger partial charge in [0.15, 0.2) is 0 Å². The van der Waals surface area contributed by atoms with Crippen LogP contribution < -0.4 is 4.90 Å². The minimum absolute atomic E-state index is 0.449. The average molecular weight is 328 g/mol. The van der Waals surface area contributed by atoms with Crippen molar-refractivity contribution in [2.24, 2.45) is 5.92 Å². The van der Waals surface area contributed by atoms with Gasteiger partial charge in [0.25, 0.3) is 0 Å². The highest BCUT2D eigenvalue weighted by Gasteiger charge is 2.22. The monoisotopic (exact) mass is 327 g/mol. The molecule has 2 rings (SSSR count). The van der Waals surface area contributed by atoms with E-state index in [0.717, 1.165) is 35.4 Å². The van der Waals surface area contributed by atoms with Crippen molar-refractivity contribution >= 4 is 21.6 Å². The molecule has 0 aromatic heterocycles. The standard InChI is InChI=1S/C15H22BrNO2/c1-11(18)14-8-13(16)5-6-15(14)17-7-3-4-12(9-17)10-19-2/h5-6,8,11-12,18H,3-4,7,9-10H2,1-2H3. The molecule has 2 unspecified atom stereocenters. The zero-order chi connectivity index (χ0) is 13.8. The number of piperidine rings is 1. The molecule has 3 nitrogen and oxygen atoms in total. The molecule has 106 valence electrons. The molecule has 1 aliphatic heterocycles. The Labute approximate surface area is 123 Å². The summed E-state index contributed by atoms with van der Waals surface area (Å²) in [5.41, 5.74) is 2.14. The van der Waals surface area contributed by atoms with E-state index >= 15 is 0 Å². The number of anilines is 1. The first-order valence-electron chi connectivity index (χ1n) is 6.83. The second kappa shape index (κ2) is 6.73. The normalized spacial score (nSPS) is 21.5. The van der Waals surface area contributed by atoms with E-state index in [-0.39, 0.29) is 0 Å². The lowest BCUT2D eigenvalue weighted by atomic mass is 9.97. The van der Waals surface area contributed by atoms with Gasteiger partial charge < -0.3 is 14.7 Å². The summed E-state index contributed by atoms with van der Waals surface area (Å²) < 4.78 is 6.29. The van der Waals surface area contributed by atoms with Crippen LogP contribution in [-0.4, -0.2) is 31.9 Å². The van der Waals surface area contributed by atoms with Gasteiger partial charge in [-0.15, -0.1) is 0 Å². The van der Waals surface area contributed by atoms with Crippen LogP contribution in [0.4, 0.5) is 5.69 Å². The quantitative estimate of drug-likeness (QED) is 0.920. The minimum Gasteiger partial charge on any atom is -0.389 e. The Bertz CT molecular complexity index is 421. The summed E-state index contributed by atoms with van der Waals surface area (Å²) in [5, 5.41) is 9.96. The van der Waals surface area contributed by atoms with E-state index in [4.69, 9.17) is 4.74 Å². The van der Waals surface area contributed by atoms with Crippen molar-refractivity contribution in [3.05, 3.63) is 28.2 Å². The largest absolute Gasteiger partial charge is 0.389 e. The maximum Gasteiger partial charge on any atom is 0.0782 e. The predicted molar refractivity (Wildman–Crippen MR) is 81.6 cm³/mol. The minimum atomic E-state index is -0.449. The van der Waals surface area contributed by atoms with Crippen molar-refractivity contribution in [3.63, 3.8) is 0 Å². The third kappa shape index (κ3) is 3.71. The average Bonchev–Trinajstić information content (AvgIpc) is 2.39. The van der Waals surface area contributed by atoms with Crippen LogP contribution in [0.1, 0.15) is 31.4 Å². The van der Waals surface area contributed by atoms with Gasteiger partial charge in [0, 0.05) is 35.9 Å². The summed E-state index contributed by atoms with van der Waals surface area (Å²) >= 11 is 3.48. The molecule has 4 heteroatoms. The Balaban J connectivity index is 2.20. The van der Waals surface area contributed by atoms with Crippen LogP contribution in [0.15, 0.2) is 22.7 Å². The van der Waals surface area contributed by atoms with E-state index < -0.39 is 6.10 Å². The van der Waals surface area contributed by atoms with Gasteiger partial charge >= 0.3 is 0 Å². The van der Waals surface area contributed by atoms with Crippen LogP contribution in [0.3, 0.4) is 0 Å². The second-order valence-corrected chi connectivity index (χ2v) is 6.20. The lowest BCUT2D eigenvalue weighted by Gasteiger charge is -2.35. The topological polar surface area (TPSA) is 32.7 Å². The van der Waals surface area contributed by atoms with Crippen LogP contribution in [0.2, 0.25) is 0 Å². The van der Waals surface area contributed by atoms with Gasteiger partial charge in [-0.25, -0.2) is 0 Å². The van der Waals surface area contributed by atoms with Gasteiger partial charge in [0.2, 0.25) is 0 Å². The molecule has 1 heterocycles. The van der Waals surface area contributed by atoms with Crippen LogP contribution in [0.25, 0.3) is 0 Å². The number of ether oxygens (including phenoxy) is 1. The molecule has 1 N–H and O–H groups in total. The maximum absolute atomic E-state index is 9.96. The van der Waals surface area contributed by atoms with Crippen molar-refractivity contribution in [1.82, 2.24) is 0 Å². The summed E-state index contributed by atoms with van der Waals surface area (Å²) in [6.45, 7) is 4.70. The summed E-state index contributed by atoms with van der Waals surface area (Å²) in [5.74, 6) is 0.587. The molecule has 0 amide bonds. The Morgan fingerprint density at radius 3 is 3.00 bits per heavy atom. The highest BCUT2D eigenvalue weighted by Crippen LogP contribution is 2.32. The van der Waals surface area contributed by atoms with Crippen LogP contribution in [-0.2, 0) is 4.74 Å². The summed E-state index contributed by atoms with van der Waals surface area (Å²) in [6.07, 6.45) is 1.96. The molecule has 0 radical (unpaired) electrons. The highest BCUT2D eigenvalue weighted by molar-refractivity contribution is 9.10. The van der Waals surface area contributed by atoms with E-state index in [9.17, 15) is 5.11 Å². The number of methoxy groups -OCH3 is 1. The fourth-order valence-corrected chi connectivity index (χ4v) is 3.18. The number of nitrogens with zero attached hydrogens (tertiary/aromatic N) is 1. The predicted octanol–water partition coefficient (Wildman–Crippen LogP) is 3.37. The summed E-state index contributed by atoms with van der Waals surface area (Å²) in [4.78, 5) is 2.38. The smallest absolute Gasteiger partial charge is 0.0782 e. The Hall–Kier alpha value is -0.580. The molecule has 1 aromatic carbocycles. The van der Waals surface area contributed by atoms with E-state index in [1.54, 1.807) is 7.11 Å². The van der Waals surface area contributed by atoms with Crippen LogP contribution in [0, 0.1) is 5.92 Å². The number of hydrogen-bond donors (Lipinski definition) is 1. The number of aliphatic hydroxyl groups is 1. The number of hydrogen-bond acceptors (Lipinski definition) is 3. The summed E-state index contributed by atoms with van der Waals surface area (Å²) in [7, 11) is 1.76. The van der Waals surface area contributed by atoms with Crippen molar-refractivity contribution in [2.45, 2.75) is 25.9 Å². The third-order valence-corrected chi connectivity index (χ3v) is 4.19. The Morgan fingerprint density at radius 1 is 1.53 bits per heavy atom. The molecule has 0 spiro atoms.